The zero-order valence-corrected chi connectivity index (χ0v) is 16.4. The van der Waals surface area contributed by atoms with Crippen LogP contribution in [-0.4, -0.2) is 55.6 Å². The maximum Gasteiger partial charge on any atom is 0.426 e. The Labute approximate surface area is 156 Å². The van der Waals surface area contributed by atoms with Gasteiger partial charge in [-0.15, -0.1) is 0 Å². The number of aromatic nitrogens is 1. The Morgan fingerprint density at radius 3 is 1.89 bits per heavy atom. The molecule has 0 saturated heterocycles. The van der Waals surface area contributed by atoms with Gasteiger partial charge in [-0.3, -0.25) is 9.47 Å². The molecule has 1 rings (SSSR count). The molecule has 1 aromatic rings. The van der Waals surface area contributed by atoms with Crippen LogP contribution in [0.25, 0.3) is 0 Å². The van der Waals surface area contributed by atoms with E-state index in [1.54, 1.807) is 20.8 Å². The van der Waals surface area contributed by atoms with Crippen molar-refractivity contribution >= 4 is 24.0 Å². The van der Waals surface area contributed by atoms with Crippen LogP contribution < -0.4 is 5.43 Å². The van der Waals surface area contributed by atoms with E-state index in [2.05, 4.69) is 10.2 Å². The molecule has 0 radical (unpaired) electrons. The first-order valence-electron chi connectivity index (χ1n) is 7.94. The molecule has 1 aromatic heterocycles. The number of methoxy groups -OCH3 is 3. The fourth-order valence-electron chi connectivity index (χ4n) is 2.34. The highest BCUT2D eigenvalue weighted by Crippen LogP contribution is 2.25. The number of ether oxygens (including phenoxy) is 4. The number of rotatable bonds is 5. The van der Waals surface area contributed by atoms with Crippen LogP contribution in [0.1, 0.15) is 52.9 Å². The van der Waals surface area contributed by atoms with Gasteiger partial charge in [-0.1, -0.05) is 0 Å². The third kappa shape index (κ3) is 5.22. The summed E-state index contributed by atoms with van der Waals surface area (Å²) in [7, 11) is 3.43. The summed E-state index contributed by atoms with van der Waals surface area (Å²) in [5, 5.41) is 0. The minimum Gasteiger partial charge on any atom is -0.469 e. The van der Waals surface area contributed by atoms with Crippen molar-refractivity contribution < 1.29 is 38.1 Å². The van der Waals surface area contributed by atoms with E-state index >= 15 is 0 Å². The summed E-state index contributed by atoms with van der Waals surface area (Å²) in [6.07, 6.45) is -1.26. The van der Waals surface area contributed by atoms with Crippen LogP contribution in [0.2, 0.25) is 0 Å². The van der Waals surface area contributed by atoms with Gasteiger partial charge >= 0.3 is 24.0 Å². The predicted octanol–water partition coefficient (Wildman–Crippen LogP) is 1.56. The van der Waals surface area contributed by atoms with E-state index in [9.17, 15) is 19.2 Å². The van der Waals surface area contributed by atoms with Crippen molar-refractivity contribution in [3.63, 3.8) is 0 Å². The Bertz CT molecular complexity index is 758. The number of nitrogens with zero attached hydrogens (tertiary/aromatic N) is 1. The number of hydrogen-bond donors (Lipinski definition) is 1. The van der Waals surface area contributed by atoms with Gasteiger partial charge in [-0.2, -0.15) is 0 Å². The fraction of sp³-hybridized carbons (Fsp3) is 0.529. The van der Waals surface area contributed by atoms with E-state index < -0.39 is 36.0 Å². The van der Waals surface area contributed by atoms with Crippen molar-refractivity contribution in [1.29, 1.82) is 0 Å². The second-order valence-corrected chi connectivity index (χ2v) is 6.47. The van der Waals surface area contributed by atoms with E-state index in [1.807, 2.05) is 0 Å². The molecule has 150 valence electrons. The summed E-state index contributed by atoms with van der Waals surface area (Å²) in [5.41, 5.74) is 1.44. The van der Waals surface area contributed by atoms with Gasteiger partial charge in [0.15, 0.2) is 0 Å². The van der Waals surface area contributed by atoms with Crippen molar-refractivity contribution in [3.05, 3.63) is 22.5 Å². The van der Waals surface area contributed by atoms with Gasteiger partial charge in [0.1, 0.15) is 5.60 Å². The normalized spacial score (nSPS) is 10.8. The average molecular weight is 384 g/mol. The zero-order chi connectivity index (χ0) is 20.9. The average Bonchev–Trinajstić information content (AvgIpc) is 2.84. The predicted molar refractivity (Wildman–Crippen MR) is 93.2 cm³/mol. The monoisotopic (exact) mass is 384 g/mol. The lowest BCUT2D eigenvalue weighted by Gasteiger charge is -2.21. The lowest BCUT2D eigenvalue weighted by atomic mass is 10.1. The lowest BCUT2D eigenvalue weighted by Crippen LogP contribution is -2.33. The third-order valence-electron chi connectivity index (χ3n) is 3.43. The SMILES string of the molecule is COC(=O)Cc1c(C(=O)OC)c(C(=O)OC)c(C)n1NC(=O)OC(C)(C)C. The second kappa shape index (κ2) is 8.56. The van der Waals surface area contributed by atoms with Crippen molar-refractivity contribution in [1.82, 2.24) is 4.68 Å². The summed E-state index contributed by atoms with van der Waals surface area (Å²) in [4.78, 5) is 48.5. The molecule has 10 nitrogen and oxygen atoms in total. The second-order valence-electron chi connectivity index (χ2n) is 6.47. The Kier molecular flexibility index (Phi) is 6.98. The number of esters is 3. The standard InChI is InChI=1S/C17H24N2O8/c1-9-12(14(21)25-6)13(15(22)26-7)10(8-11(20)24-5)19(9)18-16(23)27-17(2,3)4/h8H2,1-7H3,(H,18,23). The van der Waals surface area contributed by atoms with Crippen molar-refractivity contribution in [2.24, 2.45) is 0 Å². The smallest absolute Gasteiger partial charge is 0.426 e. The van der Waals surface area contributed by atoms with Gasteiger partial charge < -0.3 is 18.9 Å². The molecular weight excluding hydrogens is 360 g/mol. The molecule has 0 aliphatic rings. The molecule has 1 amide bonds. The maximum absolute atomic E-state index is 12.3. The summed E-state index contributed by atoms with van der Waals surface area (Å²) in [6, 6.07) is 0. The molecule has 0 unspecified atom stereocenters. The number of nitrogens with one attached hydrogen (secondary N) is 1. The zero-order valence-electron chi connectivity index (χ0n) is 16.4. The minimum absolute atomic E-state index is 0.00235. The number of carbonyl (C=O) groups excluding carboxylic acids is 4. The first-order chi connectivity index (χ1) is 12.5. The van der Waals surface area contributed by atoms with E-state index in [1.165, 1.54) is 14.0 Å². The van der Waals surface area contributed by atoms with Crippen molar-refractivity contribution in [2.45, 2.75) is 39.7 Å². The molecule has 0 spiro atoms. The van der Waals surface area contributed by atoms with Crippen molar-refractivity contribution in [3.8, 4) is 0 Å². The largest absolute Gasteiger partial charge is 0.469 e. The molecule has 0 aliphatic heterocycles. The highest BCUT2D eigenvalue weighted by Gasteiger charge is 2.33. The Morgan fingerprint density at radius 2 is 1.44 bits per heavy atom. The third-order valence-corrected chi connectivity index (χ3v) is 3.43. The van der Waals surface area contributed by atoms with Gasteiger partial charge in [-0.05, 0) is 27.7 Å². The minimum atomic E-state index is -0.873. The van der Waals surface area contributed by atoms with Crippen LogP contribution in [0, 0.1) is 6.92 Å². The molecule has 1 N–H and O–H groups in total. The van der Waals surface area contributed by atoms with Crippen LogP contribution in [0.15, 0.2) is 0 Å². The van der Waals surface area contributed by atoms with Gasteiger partial charge in [0.2, 0.25) is 0 Å². The van der Waals surface area contributed by atoms with Crippen LogP contribution in [-0.2, 0) is 30.2 Å². The topological polar surface area (TPSA) is 122 Å². The fourth-order valence-corrected chi connectivity index (χ4v) is 2.34. The van der Waals surface area contributed by atoms with Crippen LogP contribution in [0.3, 0.4) is 0 Å². The number of carbonyl (C=O) groups is 4. The van der Waals surface area contributed by atoms with Gasteiger partial charge in [0.05, 0.1) is 50.3 Å². The van der Waals surface area contributed by atoms with E-state index in [0.717, 1.165) is 18.9 Å². The summed E-state index contributed by atoms with van der Waals surface area (Å²) >= 11 is 0. The summed E-state index contributed by atoms with van der Waals surface area (Å²) in [5.74, 6) is -2.40. The van der Waals surface area contributed by atoms with E-state index in [0.29, 0.717) is 0 Å². The molecule has 27 heavy (non-hydrogen) atoms. The van der Waals surface area contributed by atoms with Crippen LogP contribution in [0.5, 0.6) is 0 Å². The van der Waals surface area contributed by atoms with Gasteiger partial charge in [0, 0.05) is 0 Å². The molecule has 1 heterocycles. The quantitative estimate of drug-likeness (QED) is 0.599. The molecule has 0 fully saturated rings. The molecule has 10 heteroatoms. The molecular formula is C17H24N2O8. The first kappa shape index (κ1) is 22.0. The maximum atomic E-state index is 12.3. The first-order valence-corrected chi connectivity index (χ1v) is 7.94. The van der Waals surface area contributed by atoms with E-state index in [4.69, 9.17) is 14.2 Å². The highest BCUT2D eigenvalue weighted by molar-refractivity contribution is 6.06. The molecule has 0 aromatic carbocycles. The lowest BCUT2D eigenvalue weighted by molar-refractivity contribution is -0.139. The van der Waals surface area contributed by atoms with Crippen molar-refractivity contribution in [2.75, 3.05) is 26.8 Å². The Morgan fingerprint density at radius 1 is 0.926 bits per heavy atom. The molecule has 0 aliphatic carbocycles. The molecule has 0 saturated carbocycles. The number of amides is 1. The van der Waals surface area contributed by atoms with Gasteiger partial charge in [-0.25, -0.2) is 19.8 Å². The van der Waals surface area contributed by atoms with Gasteiger partial charge in [0.25, 0.3) is 0 Å². The van der Waals surface area contributed by atoms with Crippen LogP contribution >= 0.6 is 0 Å². The highest BCUT2D eigenvalue weighted by atomic mass is 16.6. The van der Waals surface area contributed by atoms with Crippen LogP contribution in [0.4, 0.5) is 4.79 Å². The summed E-state index contributed by atoms with van der Waals surface area (Å²) < 4.78 is 20.4. The Balaban J connectivity index is 3.60. The molecule has 0 atom stereocenters. The molecule has 0 bridgehead atoms. The summed E-state index contributed by atoms with van der Waals surface area (Å²) in [6.45, 7) is 6.48. The van der Waals surface area contributed by atoms with E-state index in [-0.39, 0.29) is 22.5 Å². The Hall–Kier alpha value is -3.04. The number of hydrogen-bond acceptors (Lipinski definition) is 8.